The van der Waals surface area contributed by atoms with Crippen molar-refractivity contribution in [3.63, 3.8) is 0 Å². The minimum Gasteiger partial charge on any atom is -0.381 e. The molecule has 0 N–H and O–H groups in total. The van der Waals surface area contributed by atoms with Crippen molar-refractivity contribution in [1.29, 1.82) is 0 Å². The molecule has 0 aliphatic heterocycles. The number of hydrogen-bond donors (Lipinski definition) is 0. The summed E-state index contributed by atoms with van der Waals surface area (Å²) < 4.78 is 11.4. The van der Waals surface area contributed by atoms with Crippen LogP contribution in [0.25, 0.3) is 0 Å². The topological polar surface area (TPSA) is 18.5 Å². The maximum absolute atomic E-state index is 5.75. The highest BCUT2D eigenvalue weighted by Crippen LogP contribution is 2.05. The van der Waals surface area contributed by atoms with Crippen LogP contribution in [-0.4, -0.2) is 25.9 Å². The van der Waals surface area contributed by atoms with Crippen molar-refractivity contribution in [2.45, 2.75) is 78.7 Å². The van der Waals surface area contributed by atoms with E-state index in [1.165, 1.54) is 38.5 Å². The molecule has 0 aromatic heterocycles. The highest BCUT2D eigenvalue weighted by molar-refractivity contribution is 4.51. The molecule has 2 nitrogen and oxygen atoms in total. The van der Waals surface area contributed by atoms with Gasteiger partial charge in [0.2, 0.25) is 0 Å². The zero-order chi connectivity index (χ0) is 13.6. The number of ether oxygens (including phenoxy) is 2. The SMILES string of the molecule is CCCCCCOC(C)CCOCCCC(C)C. The Morgan fingerprint density at radius 2 is 1.56 bits per heavy atom. The van der Waals surface area contributed by atoms with Gasteiger partial charge < -0.3 is 9.47 Å². The van der Waals surface area contributed by atoms with Crippen LogP contribution in [0.5, 0.6) is 0 Å². The van der Waals surface area contributed by atoms with Crippen molar-refractivity contribution in [1.82, 2.24) is 0 Å². The minimum absolute atomic E-state index is 0.344. The van der Waals surface area contributed by atoms with Crippen LogP contribution in [0.3, 0.4) is 0 Å². The van der Waals surface area contributed by atoms with E-state index in [0.29, 0.717) is 6.10 Å². The lowest BCUT2D eigenvalue weighted by Gasteiger charge is -2.13. The summed E-state index contributed by atoms with van der Waals surface area (Å²) in [5.41, 5.74) is 0. The quantitative estimate of drug-likeness (QED) is 0.441. The Morgan fingerprint density at radius 1 is 0.778 bits per heavy atom. The standard InChI is InChI=1S/C16H34O2/c1-5-6-7-8-13-18-16(4)11-14-17-12-9-10-15(2)3/h15-16H,5-14H2,1-4H3. The molecule has 0 spiro atoms. The average molecular weight is 258 g/mol. The molecule has 0 saturated carbocycles. The Kier molecular flexibility index (Phi) is 13.3. The molecule has 0 rings (SSSR count). The molecule has 0 aliphatic carbocycles. The van der Waals surface area contributed by atoms with E-state index in [1.54, 1.807) is 0 Å². The summed E-state index contributed by atoms with van der Waals surface area (Å²) in [5.74, 6) is 0.791. The first-order valence-electron chi connectivity index (χ1n) is 7.86. The number of hydrogen-bond acceptors (Lipinski definition) is 2. The fraction of sp³-hybridized carbons (Fsp3) is 1.00. The van der Waals surface area contributed by atoms with Crippen LogP contribution in [0.1, 0.15) is 72.6 Å². The fourth-order valence-corrected chi connectivity index (χ4v) is 1.84. The molecule has 0 aromatic carbocycles. The van der Waals surface area contributed by atoms with Gasteiger partial charge in [0, 0.05) is 19.8 Å². The Bertz CT molecular complexity index is 157. The van der Waals surface area contributed by atoms with E-state index in [1.807, 2.05) is 0 Å². The van der Waals surface area contributed by atoms with E-state index in [0.717, 1.165) is 32.2 Å². The van der Waals surface area contributed by atoms with E-state index >= 15 is 0 Å². The molecule has 0 bridgehead atoms. The second-order valence-electron chi connectivity index (χ2n) is 5.68. The predicted molar refractivity (Wildman–Crippen MR) is 79.1 cm³/mol. The Hall–Kier alpha value is -0.0800. The van der Waals surface area contributed by atoms with Gasteiger partial charge in [-0.1, -0.05) is 40.0 Å². The van der Waals surface area contributed by atoms with Gasteiger partial charge in [0.1, 0.15) is 0 Å². The summed E-state index contributed by atoms with van der Waals surface area (Å²) in [6.07, 6.45) is 8.94. The summed E-state index contributed by atoms with van der Waals surface area (Å²) >= 11 is 0. The lowest BCUT2D eigenvalue weighted by Crippen LogP contribution is -2.13. The Labute approximate surface area is 114 Å². The van der Waals surface area contributed by atoms with Gasteiger partial charge in [0.05, 0.1) is 6.10 Å². The summed E-state index contributed by atoms with van der Waals surface area (Å²) in [5, 5.41) is 0. The average Bonchev–Trinajstić information content (AvgIpc) is 2.33. The van der Waals surface area contributed by atoms with Gasteiger partial charge in [-0.3, -0.25) is 0 Å². The van der Waals surface area contributed by atoms with E-state index in [9.17, 15) is 0 Å². The molecule has 18 heavy (non-hydrogen) atoms. The van der Waals surface area contributed by atoms with Crippen LogP contribution in [0.4, 0.5) is 0 Å². The number of unbranched alkanes of at least 4 members (excludes halogenated alkanes) is 3. The second kappa shape index (κ2) is 13.4. The molecule has 1 atom stereocenters. The summed E-state index contributed by atoms with van der Waals surface area (Å²) in [6.45, 7) is 11.6. The van der Waals surface area contributed by atoms with Gasteiger partial charge >= 0.3 is 0 Å². The van der Waals surface area contributed by atoms with Gasteiger partial charge in [0.25, 0.3) is 0 Å². The molecule has 1 unspecified atom stereocenters. The molecule has 0 aliphatic rings. The van der Waals surface area contributed by atoms with Crippen molar-refractivity contribution in [3.05, 3.63) is 0 Å². The molecule has 2 heteroatoms. The number of rotatable bonds is 13. The third-order valence-electron chi connectivity index (χ3n) is 3.14. The maximum Gasteiger partial charge on any atom is 0.0568 e. The molecule has 0 heterocycles. The zero-order valence-corrected chi connectivity index (χ0v) is 13.0. The van der Waals surface area contributed by atoms with Crippen LogP contribution >= 0.6 is 0 Å². The fourth-order valence-electron chi connectivity index (χ4n) is 1.84. The van der Waals surface area contributed by atoms with Crippen LogP contribution < -0.4 is 0 Å². The van der Waals surface area contributed by atoms with E-state index in [-0.39, 0.29) is 0 Å². The highest BCUT2D eigenvalue weighted by atomic mass is 16.5. The largest absolute Gasteiger partial charge is 0.381 e. The molecular weight excluding hydrogens is 224 g/mol. The summed E-state index contributed by atoms with van der Waals surface area (Å²) in [6, 6.07) is 0. The van der Waals surface area contributed by atoms with E-state index in [2.05, 4.69) is 27.7 Å². The van der Waals surface area contributed by atoms with Crippen LogP contribution in [0, 0.1) is 5.92 Å². The van der Waals surface area contributed by atoms with Crippen LogP contribution in [-0.2, 0) is 9.47 Å². The van der Waals surface area contributed by atoms with Crippen molar-refractivity contribution in [2.24, 2.45) is 5.92 Å². The first-order chi connectivity index (χ1) is 8.66. The van der Waals surface area contributed by atoms with Gasteiger partial charge in [-0.05, 0) is 38.5 Å². The first-order valence-corrected chi connectivity index (χ1v) is 7.86. The monoisotopic (exact) mass is 258 g/mol. The van der Waals surface area contributed by atoms with Crippen LogP contribution in [0.15, 0.2) is 0 Å². The van der Waals surface area contributed by atoms with Gasteiger partial charge in [-0.2, -0.15) is 0 Å². The maximum atomic E-state index is 5.75. The van der Waals surface area contributed by atoms with Crippen molar-refractivity contribution in [3.8, 4) is 0 Å². The zero-order valence-electron chi connectivity index (χ0n) is 13.0. The van der Waals surface area contributed by atoms with E-state index in [4.69, 9.17) is 9.47 Å². The van der Waals surface area contributed by atoms with Crippen LogP contribution in [0.2, 0.25) is 0 Å². The second-order valence-corrected chi connectivity index (χ2v) is 5.68. The van der Waals surface area contributed by atoms with E-state index < -0.39 is 0 Å². The summed E-state index contributed by atoms with van der Waals surface area (Å²) in [4.78, 5) is 0. The minimum atomic E-state index is 0.344. The normalized spacial score (nSPS) is 13.2. The third-order valence-corrected chi connectivity index (χ3v) is 3.14. The molecular formula is C16H34O2. The molecule has 110 valence electrons. The lowest BCUT2D eigenvalue weighted by atomic mass is 10.1. The lowest BCUT2D eigenvalue weighted by molar-refractivity contribution is 0.0289. The van der Waals surface area contributed by atoms with Gasteiger partial charge in [-0.25, -0.2) is 0 Å². The van der Waals surface area contributed by atoms with Gasteiger partial charge in [-0.15, -0.1) is 0 Å². The summed E-state index contributed by atoms with van der Waals surface area (Å²) in [7, 11) is 0. The molecule has 0 amide bonds. The first kappa shape index (κ1) is 17.9. The highest BCUT2D eigenvalue weighted by Gasteiger charge is 2.02. The molecule has 0 aromatic rings. The van der Waals surface area contributed by atoms with Crippen molar-refractivity contribution < 1.29 is 9.47 Å². The molecule has 0 fully saturated rings. The predicted octanol–water partition coefficient (Wildman–Crippen LogP) is 4.81. The smallest absolute Gasteiger partial charge is 0.0568 e. The van der Waals surface area contributed by atoms with Crippen molar-refractivity contribution >= 4 is 0 Å². The Morgan fingerprint density at radius 3 is 2.22 bits per heavy atom. The molecule has 0 saturated heterocycles. The van der Waals surface area contributed by atoms with Gasteiger partial charge in [0.15, 0.2) is 0 Å². The molecule has 0 radical (unpaired) electrons. The van der Waals surface area contributed by atoms with Crippen molar-refractivity contribution in [2.75, 3.05) is 19.8 Å². The Balaban J connectivity index is 3.14. The third kappa shape index (κ3) is 14.0.